The second-order valence-corrected chi connectivity index (χ2v) is 5.10. The predicted octanol–water partition coefficient (Wildman–Crippen LogP) is 3.54. The zero-order valence-electron chi connectivity index (χ0n) is 12.0. The highest BCUT2D eigenvalue weighted by Gasteiger charge is 2.05. The van der Waals surface area contributed by atoms with Crippen molar-refractivity contribution < 1.29 is 4.74 Å². The quantitative estimate of drug-likeness (QED) is 0.540. The number of nitrogens with zero attached hydrogens (tertiary/aromatic N) is 1. The normalized spacial score (nSPS) is 14.6. The van der Waals surface area contributed by atoms with E-state index >= 15 is 0 Å². The Kier molecular flexibility index (Phi) is 9.91. The van der Waals surface area contributed by atoms with E-state index in [0.717, 1.165) is 38.6 Å². The van der Waals surface area contributed by atoms with Crippen molar-refractivity contribution >= 4 is 5.90 Å². The fourth-order valence-corrected chi connectivity index (χ4v) is 2.23. The molecule has 106 valence electrons. The third-order valence-electron chi connectivity index (χ3n) is 3.37. The van der Waals surface area contributed by atoms with Crippen LogP contribution in [-0.2, 0) is 4.74 Å². The largest absolute Gasteiger partial charge is 0.479 e. The van der Waals surface area contributed by atoms with Gasteiger partial charge in [0.1, 0.15) is 6.61 Å². The van der Waals surface area contributed by atoms with Gasteiger partial charge in [0, 0.05) is 13.0 Å². The standard InChI is InChI=1S/C15H30N2O/c1-2-3-4-5-6-7-8-9-11-16-12-10-15-17-13-14-18-15/h16H,2-14H2,1H3. The zero-order chi connectivity index (χ0) is 12.9. The Hall–Kier alpha value is -0.570. The Bertz CT molecular complexity index is 217. The van der Waals surface area contributed by atoms with Crippen LogP contribution in [0.4, 0.5) is 0 Å². The molecule has 0 saturated carbocycles. The van der Waals surface area contributed by atoms with Gasteiger partial charge in [0.2, 0.25) is 0 Å². The highest BCUT2D eigenvalue weighted by molar-refractivity contribution is 5.77. The number of rotatable bonds is 12. The number of unbranched alkanes of at least 4 members (excludes halogenated alkanes) is 7. The van der Waals surface area contributed by atoms with E-state index in [1.807, 2.05) is 0 Å². The topological polar surface area (TPSA) is 33.6 Å². The maximum atomic E-state index is 5.35. The number of aliphatic imine (C=N–C) groups is 1. The first-order valence-corrected chi connectivity index (χ1v) is 7.80. The molecule has 1 aliphatic rings. The second-order valence-electron chi connectivity index (χ2n) is 5.10. The molecule has 1 heterocycles. The number of hydrogen-bond acceptors (Lipinski definition) is 3. The molecule has 3 heteroatoms. The molecule has 0 radical (unpaired) electrons. The van der Waals surface area contributed by atoms with Crippen LogP contribution >= 0.6 is 0 Å². The third kappa shape index (κ3) is 8.51. The minimum atomic E-state index is 0.785. The summed E-state index contributed by atoms with van der Waals surface area (Å²) in [5.41, 5.74) is 0. The summed E-state index contributed by atoms with van der Waals surface area (Å²) >= 11 is 0. The van der Waals surface area contributed by atoms with E-state index in [1.165, 1.54) is 51.4 Å². The first-order chi connectivity index (χ1) is 8.93. The van der Waals surface area contributed by atoms with Crippen molar-refractivity contribution in [2.45, 2.75) is 64.7 Å². The smallest absolute Gasteiger partial charge is 0.184 e. The lowest BCUT2D eigenvalue weighted by Crippen LogP contribution is -2.19. The van der Waals surface area contributed by atoms with E-state index < -0.39 is 0 Å². The van der Waals surface area contributed by atoms with E-state index in [2.05, 4.69) is 17.2 Å². The average molecular weight is 254 g/mol. The maximum absolute atomic E-state index is 5.35. The minimum absolute atomic E-state index is 0.785. The molecular weight excluding hydrogens is 224 g/mol. The minimum Gasteiger partial charge on any atom is -0.479 e. The zero-order valence-corrected chi connectivity index (χ0v) is 12.0. The van der Waals surface area contributed by atoms with Gasteiger partial charge in [0.25, 0.3) is 0 Å². The van der Waals surface area contributed by atoms with Gasteiger partial charge >= 0.3 is 0 Å². The van der Waals surface area contributed by atoms with Gasteiger partial charge in [-0.2, -0.15) is 0 Å². The van der Waals surface area contributed by atoms with Crippen molar-refractivity contribution in [2.75, 3.05) is 26.2 Å². The molecule has 18 heavy (non-hydrogen) atoms. The van der Waals surface area contributed by atoms with Crippen molar-refractivity contribution in [1.29, 1.82) is 0 Å². The monoisotopic (exact) mass is 254 g/mol. The predicted molar refractivity (Wildman–Crippen MR) is 78.4 cm³/mol. The lowest BCUT2D eigenvalue weighted by molar-refractivity contribution is 0.337. The third-order valence-corrected chi connectivity index (χ3v) is 3.37. The summed E-state index contributed by atoms with van der Waals surface area (Å²) in [6, 6.07) is 0. The second kappa shape index (κ2) is 11.5. The van der Waals surface area contributed by atoms with Crippen molar-refractivity contribution in [2.24, 2.45) is 4.99 Å². The van der Waals surface area contributed by atoms with E-state index in [-0.39, 0.29) is 0 Å². The summed E-state index contributed by atoms with van der Waals surface area (Å²) in [5.74, 6) is 0.943. The van der Waals surface area contributed by atoms with Gasteiger partial charge in [-0.25, -0.2) is 0 Å². The molecule has 0 spiro atoms. The highest BCUT2D eigenvalue weighted by Crippen LogP contribution is 2.07. The molecule has 0 unspecified atom stereocenters. The van der Waals surface area contributed by atoms with Gasteiger partial charge in [-0.05, 0) is 13.0 Å². The van der Waals surface area contributed by atoms with Crippen LogP contribution in [0.2, 0.25) is 0 Å². The Morgan fingerprint density at radius 2 is 1.72 bits per heavy atom. The Balaban J connectivity index is 1.71. The van der Waals surface area contributed by atoms with Crippen LogP contribution in [0.5, 0.6) is 0 Å². The summed E-state index contributed by atoms with van der Waals surface area (Å²) in [4.78, 5) is 4.27. The molecule has 1 aliphatic heterocycles. The van der Waals surface area contributed by atoms with Crippen LogP contribution in [-0.4, -0.2) is 32.1 Å². The van der Waals surface area contributed by atoms with E-state index in [4.69, 9.17) is 4.74 Å². The first kappa shape index (κ1) is 15.5. The van der Waals surface area contributed by atoms with Crippen LogP contribution in [0.25, 0.3) is 0 Å². The summed E-state index contributed by atoms with van der Waals surface area (Å²) in [6.07, 6.45) is 12.1. The molecule has 0 aromatic heterocycles. The molecule has 0 bridgehead atoms. The fraction of sp³-hybridized carbons (Fsp3) is 0.933. The van der Waals surface area contributed by atoms with E-state index in [1.54, 1.807) is 0 Å². The van der Waals surface area contributed by atoms with Crippen LogP contribution in [0.15, 0.2) is 4.99 Å². The van der Waals surface area contributed by atoms with Crippen LogP contribution in [0.1, 0.15) is 64.7 Å². The van der Waals surface area contributed by atoms with Gasteiger partial charge in [-0.15, -0.1) is 0 Å². The van der Waals surface area contributed by atoms with Crippen molar-refractivity contribution in [3.05, 3.63) is 0 Å². The molecule has 3 nitrogen and oxygen atoms in total. The van der Waals surface area contributed by atoms with Gasteiger partial charge in [-0.3, -0.25) is 4.99 Å². The van der Waals surface area contributed by atoms with Crippen molar-refractivity contribution in [3.63, 3.8) is 0 Å². The first-order valence-electron chi connectivity index (χ1n) is 7.80. The van der Waals surface area contributed by atoms with E-state index in [9.17, 15) is 0 Å². The lowest BCUT2D eigenvalue weighted by atomic mass is 10.1. The Labute approximate surface area is 112 Å². The molecule has 0 aromatic rings. The molecule has 0 amide bonds. The van der Waals surface area contributed by atoms with Gasteiger partial charge in [0.05, 0.1) is 6.54 Å². The molecule has 1 N–H and O–H groups in total. The van der Waals surface area contributed by atoms with Crippen LogP contribution in [0, 0.1) is 0 Å². The summed E-state index contributed by atoms with van der Waals surface area (Å²) in [5, 5.41) is 3.46. The molecule has 0 saturated heterocycles. The Morgan fingerprint density at radius 3 is 2.39 bits per heavy atom. The van der Waals surface area contributed by atoms with Gasteiger partial charge < -0.3 is 10.1 Å². The van der Waals surface area contributed by atoms with Crippen molar-refractivity contribution in [3.8, 4) is 0 Å². The number of nitrogens with one attached hydrogen (secondary N) is 1. The SMILES string of the molecule is CCCCCCCCCCNCCC1=NCCO1. The average Bonchev–Trinajstić information content (AvgIpc) is 2.89. The summed E-state index contributed by atoms with van der Waals surface area (Å²) in [6.45, 7) is 6.06. The maximum Gasteiger partial charge on any atom is 0.184 e. The lowest BCUT2D eigenvalue weighted by Gasteiger charge is -2.05. The molecule has 0 aromatic carbocycles. The Morgan fingerprint density at radius 1 is 1.00 bits per heavy atom. The molecule has 1 rings (SSSR count). The van der Waals surface area contributed by atoms with Gasteiger partial charge in [0.15, 0.2) is 5.90 Å². The van der Waals surface area contributed by atoms with Crippen LogP contribution in [0.3, 0.4) is 0 Å². The molecular formula is C15H30N2O. The van der Waals surface area contributed by atoms with Crippen molar-refractivity contribution in [1.82, 2.24) is 5.32 Å². The number of ether oxygens (including phenoxy) is 1. The van der Waals surface area contributed by atoms with Gasteiger partial charge in [-0.1, -0.05) is 51.9 Å². The highest BCUT2D eigenvalue weighted by atomic mass is 16.5. The van der Waals surface area contributed by atoms with Crippen LogP contribution < -0.4 is 5.32 Å². The summed E-state index contributed by atoms with van der Waals surface area (Å²) in [7, 11) is 0. The molecule has 0 atom stereocenters. The molecule has 0 fully saturated rings. The fourth-order valence-electron chi connectivity index (χ4n) is 2.23. The molecule has 0 aliphatic carbocycles. The number of hydrogen-bond donors (Lipinski definition) is 1. The summed E-state index contributed by atoms with van der Waals surface area (Å²) < 4.78 is 5.35. The van der Waals surface area contributed by atoms with E-state index in [0.29, 0.717) is 0 Å².